The summed E-state index contributed by atoms with van der Waals surface area (Å²) < 4.78 is 0. The number of para-hydroxylation sites is 1. The minimum atomic E-state index is -0.0758. The highest BCUT2D eigenvalue weighted by Gasteiger charge is 2.25. The van der Waals surface area contributed by atoms with Gasteiger partial charge in [0.2, 0.25) is 0 Å². The molecule has 0 fully saturated rings. The Hall–Kier alpha value is -2.69. The van der Waals surface area contributed by atoms with Crippen LogP contribution in [0.25, 0.3) is 5.57 Å². The molecule has 5 heteroatoms. The lowest BCUT2D eigenvalue weighted by Crippen LogP contribution is -2.43. The third-order valence-corrected chi connectivity index (χ3v) is 3.76. The van der Waals surface area contributed by atoms with Gasteiger partial charge in [0.05, 0.1) is 11.9 Å². The van der Waals surface area contributed by atoms with Gasteiger partial charge in [-0.25, -0.2) is 4.79 Å². The number of rotatable bonds is 2. The fourth-order valence-electron chi connectivity index (χ4n) is 2.57. The van der Waals surface area contributed by atoms with Crippen LogP contribution in [0.15, 0.2) is 55.0 Å². The quantitative estimate of drug-likeness (QED) is 0.925. The summed E-state index contributed by atoms with van der Waals surface area (Å²) in [6.45, 7) is 2.62. The third-order valence-electron chi connectivity index (χ3n) is 3.76. The van der Waals surface area contributed by atoms with Gasteiger partial charge in [0, 0.05) is 30.7 Å². The van der Waals surface area contributed by atoms with Gasteiger partial charge in [0.15, 0.2) is 0 Å². The van der Waals surface area contributed by atoms with Gasteiger partial charge >= 0.3 is 6.03 Å². The summed E-state index contributed by atoms with van der Waals surface area (Å²) in [5.41, 5.74) is 2.84. The van der Waals surface area contributed by atoms with E-state index in [2.05, 4.69) is 21.4 Å². The number of nitrogens with one attached hydrogen (secondary N) is 1. The molecule has 1 N–H and O–H groups in total. The molecule has 0 spiro atoms. The second-order valence-corrected chi connectivity index (χ2v) is 5.32. The van der Waals surface area contributed by atoms with E-state index in [1.54, 1.807) is 18.6 Å². The first kappa shape index (κ1) is 14.3. The molecule has 0 bridgehead atoms. The van der Waals surface area contributed by atoms with Crippen LogP contribution in [0.3, 0.4) is 0 Å². The van der Waals surface area contributed by atoms with Crippen molar-refractivity contribution in [3.05, 3.63) is 60.7 Å². The van der Waals surface area contributed by atoms with Crippen molar-refractivity contribution in [1.82, 2.24) is 14.9 Å². The van der Waals surface area contributed by atoms with Crippen LogP contribution in [0.4, 0.5) is 10.5 Å². The van der Waals surface area contributed by atoms with Gasteiger partial charge in [-0.15, -0.1) is 0 Å². The maximum Gasteiger partial charge on any atom is 0.322 e. The van der Waals surface area contributed by atoms with Gasteiger partial charge in [-0.2, -0.15) is 0 Å². The number of carbonyl (C=O) groups excluding carboxylic acids is 1. The Bertz CT molecular complexity index is 670. The molecule has 3 rings (SSSR count). The molecule has 2 amide bonds. The first-order chi connectivity index (χ1) is 10.7. The topological polar surface area (TPSA) is 58.1 Å². The molecule has 1 aliphatic rings. The largest absolute Gasteiger partial charge is 0.322 e. The molecule has 0 saturated heterocycles. The average molecular weight is 294 g/mol. The van der Waals surface area contributed by atoms with Crippen LogP contribution in [0, 0.1) is 0 Å². The lowest BCUT2D eigenvalue weighted by atomic mass is 9.99. The maximum atomic E-state index is 12.4. The summed E-state index contributed by atoms with van der Waals surface area (Å²) in [6.07, 6.45) is 7.94. The zero-order chi connectivity index (χ0) is 15.4. The van der Waals surface area contributed by atoms with Crippen LogP contribution in [-0.2, 0) is 0 Å². The Kier molecular flexibility index (Phi) is 4.14. The van der Waals surface area contributed by atoms with Crippen LogP contribution >= 0.6 is 0 Å². The molecule has 1 aromatic carbocycles. The van der Waals surface area contributed by atoms with Gasteiger partial charge in [-0.1, -0.05) is 24.3 Å². The van der Waals surface area contributed by atoms with Gasteiger partial charge in [0.25, 0.3) is 0 Å². The average Bonchev–Trinajstić information content (AvgIpc) is 2.56. The molecule has 2 heterocycles. The summed E-state index contributed by atoms with van der Waals surface area (Å²) in [4.78, 5) is 22.6. The van der Waals surface area contributed by atoms with E-state index < -0.39 is 0 Å². The number of benzene rings is 1. The Balaban J connectivity index is 1.69. The Labute approximate surface area is 129 Å². The molecule has 2 aromatic rings. The summed E-state index contributed by atoms with van der Waals surface area (Å²) in [7, 11) is 0. The molecule has 0 unspecified atom stereocenters. The monoisotopic (exact) mass is 294 g/mol. The fourth-order valence-corrected chi connectivity index (χ4v) is 2.57. The zero-order valence-electron chi connectivity index (χ0n) is 12.4. The van der Waals surface area contributed by atoms with Gasteiger partial charge < -0.3 is 10.2 Å². The van der Waals surface area contributed by atoms with Crippen molar-refractivity contribution in [2.24, 2.45) is 0 Å². The van der Waals surface area contributed by atoms with Gasteiger partial charge in [-0.05, 0) is 31.1 Å². The molecule has 1 atom stereocenters. The highest BCUT2D eigenvalue weighted by molar-refractivity contribution is 5.90. The van der Waals surface area contributed by atoms with Crippen molar-refractivity contribution in [3.63, 3.8) is 0 Å². The number of aromatic nitrogens is 2. The molecule has 22 heavy (non-hydrogen) atoms. The lowest BCUT2D eigenvalue weighted by Gasteiger charge is -2.32. The summed E-state index contributed by atoms with van der Waals surface area (Å²) in [5, 5.41) is 2.93. The molecule has 112 valence electrons. The molecule has 0 aliphatic carbocycles. The molecule has 0 saturated carbocycles. The Morgan fingerprint density at radius 3 is 2.77 bits per heavy atom. The number of hydrogen-bond acceptors (Lipinski definition) is 3. The lowest BCUT2D eigenvalue weighted by molar-refractivity contribution is 0.198. The smallest absolute Gasteiger partial charge is 0.318 e. The number of anilines is 1. The first-order valence-corrected chi connectivity index (χ1v) is 7.32. The highest BCUT2D eigenvalue weighted by Crippen LogP contribution is 2.25. The number of hydrogen-bond donors (Lipinski definition) is 1. The van der Waals surface area contributed by atoms with Crippen LogP contribution in [0.1, 0.15) is 19.0 Å². The van der Waals surface area contributed by atoms with Crippen molar-refractivity contribution >= 4 is 17.3 Å². The Morgan fingerprint density at radius 1 is 1.27 bits per heavy atom. The van der Waals surface area contributed by atoms with Crippen molar-refractivity contribution < 1.29 is 4.79 Å². The van der Waals surface area contributed by atoms with E-state index in [0.717, 1.165) is 23.4 Å². The van der Waals surface area contributed by atoms with Crippen molar-refractivity contribution in [2.75, 3.05) is 11.9 Å². The molecule has 1 aliphatic heterocycles. The van der Waals surface area contributed by atoms with Crippen molar-refractivity contribution in [3.8, 4) is 0 Å². The third kappa shape index (κ3) is 3.14. The minimum Gasteiger partial charge on any atom is -0.318 e. The maximum absolute atomic E-state index is 12.4. The van der Waals surface area contributed by atoms with Crippen LogP contribution in [0.2, 0.25) is 0 Å². The first-order valence-electron chi connectivity index (χ1n) is 7.32. The molecule has 1 aromatic heterocycles. The Morgan fingerprint density at radius 2 is 2.09 bits per heavy atom. The van der Waals surface area contributed by atoms with E-state index in [-0.39, 0.29) is 12.1 Å². The second kappa shape index (κ2) is 6.39. The van der Waals surface area contributed by atoms with Gasteiger partial charge in [-0.3, -0.25) is 9.97 Å². The zero-order valence-corrected chi connectivity index (χ0v) is 12.4. The normalized spacial score (nSPS) is 17.8. The summed E-state index contributed by atoms with van der Waals surface area (Å²) >= 11 is 0. The number of amides is 2. The van der Waals surface area contributed by atoms with E-state index >= 15 is 0 Å². The number of urea groups is 1. The minimum absolute atomic E-state index is 0.0758. The van der Waals surface area contributed by atoms with E-state index in [9.17, 15) is 4.79 Å². The predicted octanol–water partition coefficient (Wildman–Crippen LogP) is 3.19. The standard InChI is InChI=1S/C17H18N4O/c1-13-11-14(16-12-18-8-9-19-16)7-10-21(13)17(22)20-15-5-3-2-4-6-15/h2-9,12-13H,10-11H2,1H3,(H,20,22)/t13-/m0/s1. The van der Waals surface area contributed by atoms with Crippen molar-refractivity contribution in [1.29, 1.82) is 0 Å². The van der Waals surface area contributed by atoms with E-state index in [4.69, 9.17) is 0 Å². The summed E-state index contributed by atoms with van der Waals surface area (Å²) in [6, 6.07) is 9.54. The highest BCUT2D eigenvalue weighted by atomic mass is 16.2. The van der Waals surface area contributed by atoms with Crippen LogP contribution in [0.5, 0.6) is 0 Å². The number of nitrogens with zero attached hydrogens (tertiary/aromatic N) is 3. The predicted molar refractivity (Wildman–Crippen MR) is 86.3 cm³/mol. The molecule has 5 nitrogen and oxygen atoms in total. The number of carbonyl (C=O) groups is 1. The van der Waals surface area contributed by atoms with E-state index in [1.165, 1.54) is 0 Å². The van der Waals surface area contributed by atoms with E-state index in [1.807, 2.05) is 42.2 Å². The second-order valence-electron chi connectivity index (χ2n) is 5.32. The van der Waals surface area contributed by atoms with E-state index in [0.29, 0.717) is 6.54 Å². The van der Waals surface area contributed by atoms with Gasteiger partial charge in [0.1, 0.15) is 0 Å². The van der Waals surface area contributed by atoms with Crippen LogP contribution in [-0.4, -0.2) is 33.5 Å². The van der Waals surface area contributed by atoms with Crippen molar-refractivity contribution in [2.45, 2.75) is 19.4 Å². The fraction of sp³-hybridized carbons (Fsp3) is 0.235. The molecule has 0 radical (unpaired) electrons. The molecular weight excluding hydrogens is 276 g/mol. The summed E-state index contributed by atoms with van der Waals surface area (Å²) in [5.74, 6) is 0. The molecular formula is C17H18N4O. The SMILES string of the molecule is C[C@H]1CC(c2cnccn2)=CCN1C(=O)Nc1ccccc1. The van der Waals surface area contributed by atoms with Crippen LogP contribution < -0.4 is 5.32 Å².